The van der Waals surface area contributed by atoms with Gasteiger partial charge in [-0.1, -0.05) is 25.5 Å². The molecule has 0 bridgehead atoms. The van der Waals surface area contributed by atoms with Crippen molar-refractivity contribution in [3.63, 3.8) is 0 Å². The molecule has 138 valence electrons. The number of benzene rings is 1. The minimum absolute atomic E-state index is 0.00272. The van der Waals surface area contributed by atoms with Crippen molar-refractivity contribution in [1.29, 1.82) is 0 Å². The summed E-state index contributed by atoms with van der Waals surface area (Å²) in [4.78, 5) is 27.1. The van der Waals surface area contributed by atoms with Gasteiger partial charge in [-0.05, 0) is 43.9 Å². The summed E-state index contributed by atoms with van der Waals surface area (Å²) in [5.74, 6) is -0.0391. The summed E-state index contributed by atoms with van der Waals surface area (Å²) >= 11 is 0. The van der Waals surface area contributed by atoms with E-state index in [1.807, 2.05) is 36.1 Å². The Labute approximate surface area is 150 Å². The van der Waals surface area contributed by atoms with Crippen molar-refractivity contribution in [3.8, 4) is 0 Å². The van der Waals surface area contributed by atoms with E-state index in [1.165, 1.54) is 0 Å². The zero-order valence-electron chi connectivity index (χ0n) is 15.6. The first kappa shape index (κ1) is 19.4. The van der Waals surface area contributed by atoms with E-state index < -0.39 is 0 Å². The third kappa shape index (κ3) is 5.56. The normalized spacial score (nSPS) is 18.7. The molecule has 2 amide bonds. The average Bonchev–Trinajstić information content (AvgIpc) is 2.62. The van der Waals surface area contributed by atoms with E-state index in [0.717, 1.165) is 31.2 Å². The highest BCUT2D eigenvalue weighted by Crippen LogP contribution is 2.20. The standard InChI is InChI=1S/C20H30N2O3/c1-4-7-15(2)21-19(23)18-10-6-11-22(13-18)20(24)17-9-5-8-16(12-17)14-25-3/h5,8-9,12,15,18H,4,6-7,10-11,13-14H2,1-3H3,(H,21,23)/t15-,18-/m0/s1. The summed E-state index contributed by atoms with van der Waals surface area (Å²) in [5, 5.41) is 3.08. The summed E-state index contributed by atoms with van der Waals surface area (Å²) in [5.41, 5.74) is 1.64. The maximum atomic E-state index is 12.8. The fourth-order valence-corrected chi connectivity index (χ4v) is 3.38. The van der Waals surface area contributed by atoms with Crippen molar-refractivity contribution in [2.24, 2.45) is 5.92 Å². The second kappa shape index (κ2) is 9.56. The summed E-state index contributed by atoms with van der Waals surface area (Å²) < 4.78 is 5.14. The lowest BCUT2D eigenvalue weighted by atomic mass is 9.95. The number of ether oxygens (including phenoxy) is 1. The van der Waals surface area contributed by atoms with E-state index in [0.29, 0.717) is 25.3 Å². The van der Waals surface area contributed by atoms with Crippen LogP contribution in [0.3, 0.4) is 0 Å². The van der Waals surface area contributed by atoms with Crippen LogP contribution in [-0.2, 0) is 16.1 Å². The van der Waals surface area contributed by atoms with Crippen LogP contribution >= 0.6 is 0 Å². The number of carbonyl (C=O) groups is 2. The van der Waals surface area contributed by atoms with Crippen molar-refractivity contribution in [3.05, 3.63) is 35.4 Å². The van der Waals surface area contributed by atoms with Gasteiger partial charge in [0.1, 0.15) is 0 Å². The summed E-state index contributed by atoms with van der Waals surface area (Å²) in [6.07, 6.45) is 3.74. The minimum atomic E-state index is -0.112. The van der Waals surface area contributed by atoms with E-state index in [4.69, 9.17) is 4.74 Å². The van der Waals surface area contributed by atoms with Crippen LogP contribution in [0.25, 0.3) is 0 Å². The van der Waals surface area contributed by atoms with Gasteiger partial charge in [0.15, 0.2) is 0 Å². The Morgan fingerprint density at radius 3 is 2.92 bits per heavy atom. The Hall–Kier alpha value is -1.88. The maximum absolute atomic E-state index is 12.8. The molecular formula is C20H30N2O3. The lowest BCUT2D eigenvalue weighted by Gasteiger charge is -2.32. The van der Waals surface area contributed by atoms with E-state index in [9.17, 15) is 9.59 Å². The molecule has 0 spiro atoms. The van der Waals surface area contributed by atoms with E-state index in [1.54, 1.807) is 7.11 Å². The first-order chi connectivity index (χ1) is 12.0. The second-order valence-electron chi connectivity index (χ2n) is 6.92. The molecule has 0 aliphatic carbocycles. The van der Waals surface area contributed by atoms with Crippen molar-refractivity contribution in [2.45, 2.75) is 52.2 Å². The summed E-state index contributed by atoms with van der Waals surface area (Å²) in [7, 11) is 1.64. The quantitative estimate of drug-likeness (QED) is 0.826. The number of likely N-dealkylation sites (tertiary alicyclic amines) is 1. The molecule has 0 unspecified atom stereocenters. The molecule has 1 N–H and O–H groups in total. The van der Waals surface area contributed by atoms with Crippen molar-refractivity contribution < 1.29 is 14.3 Å². The summed E-state index contributed by atoms with van der Waals surface area (Å²) in [6.45, 7) is 5.84. The molecule has 25 heavy (non-hydrogen) atoms. The second-order valence-corrected chi connectivity index (χ2v) is 6.92. The van der Waals surface area contributed by atoms with E-state index >= 15 is 0 Å². The Bertz CT molecular complexity index is 588. The van der Waals surface area contributed by atoms with Crippen LogP contribution in [0.5, 0.6) is 0 Å². The number of carbonyl (C=O) groups excluding carboxylic acids is 2. The van der Waals surface area contributed by atoms with Gasteiger partial charge < -0.3 is 15.0 Å². The van der Waals surface area contributed by atoms with Gasteiger partial charge in [-0.2, -0.15) is 0 Å². The van der Waals surface area contributed by atoms with Crippen LogP contribution in [-0.4, -0.2) is 43.0 Å². The monoisotopic (exact) mass is 346 g/mol. The zero-order valence-corrected chi connectivity index (χ0v) is 15.6. The Balaban J connectivity index is 1.99. The van der Waals surface area contributed by atoms with Gasteiger partial charge in [0, 0.05) is 31.8 Å². The van der Waals surface area contributed by atoms with Gasteiger partial charge in [0.2, 0.25) is 5.91 Å². The topological polar surface area (TPSA) is 58.6 Å². The molecule has 5 nitrogen and oxygen atoms in total. The molecule has 5 heteroatoms. The number of piperidine rings is 1. The molecule has 2 rings (SSSR count). The number of amides is 2. The first-order valence-corrected chi connectivity index (χ1v) is 9.22. The lowest BCUT2D eigenvalue weighted by molar-refractivity contribution is -0.127. The van der Waals surface area contributed by atoms with Crippen LogP contribution in [0.2, 0.25) is 0 Å². The fraction of sp³-hybridized carbons (Fsp3) is 0.600. The Morgan fingerprint density at radius 2 is 2.20 bits per heavy atom. The van der Waals surface area contributed by atoms with Crippen LogP contribution in [0.4, 0.5) is 0 Å². The van der Waals surface area contributed by atoms with Crippen molar-refractivity contribution in [1.82, 2.24) is 10.2 Å². The highest BCUT2D eigenvalue weighted by molar-refractivity contribution is 5.95. The molecule has 1 aromatic rings. The van der Waals surface area contributed by atoms with Gasteiger partial charge in [-0.25, -0.2) is 0 Å². The third-order valence-electron chi connectivity index (χ3n) is 4.67. The number of methoxy groups -OCH3 is 1. The van der Waals surface area contributed by atoms with Crippen LogP contribution < -0.4 is 5.32 Å². The van der Waals surface area contributed by atoms with Gasteiger partial charge >= 0.3 is 0 Å². The molecule has 1 aliphatic heterocycles. The predicted molar refractivity (Wildman–Crippen MR) is 98.3 cm³/mol. The number of nitrogens with zero attached hydrogens (tertiary/aromatic N) is 1. The van der Waals surface area contributed by atoms with Crippen molar-refractivity contribution >= 4 is 11.8 Å². The molecule has 1 aromatic carbocycles. The molecule has 1 fully saturated rings. The Morgan fingerprint density at radius 1 is 1.40 bits per heavy atom. The third-order valence-corrected chi connectivity index (χ3v) is 4.67. The zero-order chi connectivity index (χ0) is 18.2. The molecule has 1 saturated heterocycles. The van der Waals surface area contributed by atoms with Gasteiger partial charge in [0.25, 0.3) is 5.91 Å². The highest BCUT2D eigenvalue weighted by Gasteiger charge is 2.29. The predicted octanol–water partition coefficient (Wildman–Crippen LogP) is 2.99. The molecule has 1 aliphatic rings. The fourth-order valence-electron chi connectivity index (χ4n) is 3.38. The smallest absolute Gasteiger partial charge is 0.253 e. The molecule has 1 heterocycles. The lowest BCUT2D eigenvalue weighted by Crippen LogP contribution is -2.47. The number of hydrogen-bond donors (Lipinski definition) is 1. The highest BCUT2D eigenvalue weighted by atomic mass is 16.5. The largest absolute Gasteiger partial charge is 0.380 e. The van der Waals surface area contributed by atoms with E-state index in [2.05, 4.69) is 12.2 Å². The van der Waals surface area contributed by atoms with E-state index in [-0.39, 0.29) is 23.8 Å². The molecule has 0 saturated carbocycles. The van der Waals surface area contributed by atoms with Crippen molar-refractivity contribution in [2.75, 3.05) is 20.2 Å². The molecular weight excluding hydrogens is 316 g/mol. The average molecular weight is 346 g/mol. The first-order valence-electron chi connectivity index (χ1n) is 9.22. The van der Waals surface area contributed by atoms with Gasteiger partial charge in [0.05, 0.1) is 12.5 Å². The Kier molecular flexibility index (Phi) is 7.44. The number of hydrogen-bond acceptors (Lipinski definition) is 3. The van der Waals surface area contributed by atoms with Gasteiger partial charge in [-0.15, -0.1) is 0 Å². The number of rotatable bonds is 7. The van der Waals surface area contributed by atoms with Crippen LogP contribution in [0.1, 0.15) is 55.5 Å². The van der Waals surface area contributed by atoms with Crippen LogP contribution in [0, 0.1) is 5.92 Å². The van der Waals surface area contributed by atoms with Gasteiger partial charge in [-0.3, -0.25) is 9.59 Å². The number of nitrogens with one attached hydrogen (secondary N) is 1. The molecule has 0 aromatic heterocycles. The molecule has 2 atom stereocenters. The minimum Gasteiger partial charge on any atom is -0.380 e. The van der Waals surface area contributed by atoms with Crippen LogP contribution in [0.15, 0.2) is 24.3 Å². The molecule has 0 radical (unpaired) electrons. The summed E-state index contributed by atoms with van der Waals surface area (Å²) in [6, 6.07) is 7.71. The maximum Gasteiger partial charge on any atom is 0.253 e. The SMILES string of the molecule is CCC[C@H](C)NC(=O)[C@H]1CCCN(C(=O)c2cccc(COC)c2)C1.